The number of aromatic nitrogens is 1. The van der Waals surface area contributed by atoms with E-state index in [0.29, 0.717) is 47.4 Å². The van der Waals surface area contributed by atoms with E-state index in [0.717, 1.165) is 36.3 Å². The molecule has 0 unspecified atom stereocenters. The third kappa shape index (κ3) is 3.05. The predicted octanol–water partition coefficient (Wildman–Crippen LogP) is 4.06. The lowest BCUT2D eigenvalue weighted by atomic mass is 10.1. The number of rotatable bonds is 5. The van der Waals surface area contributed by atoms with Crippen LogP contribution in [0.4, 0.5) is 5.82 Å². The van der Waals surface area contributed by atoms with Gasteiger partial charge in [-0.3, -0.25) is 4.90 Å². The number of nitrogens with two attached hydrogens (primary N) is 1. The zero-order valence-corrected chi connectivity index (χ0v) is 16.7. The first-order valence-corrected chi connectivity index (χ1v) is 10.0. The molecule has 8 nitrogen and oxygen atoms in total. The standard InChI is InChI=1S/C22H23N5O3/c1-29-18-7-6-15-20(28)19(10-17-14-5-2-8-24-22(14)26-25-17)30-21(15)16(18)12-27-9-3-4-13(27)11-23/h2,5-8,10,13,28H,3-4,9,11-12,23H2,1H3/t13-/m1/s1. The molecule has 0 aliphatic carbocycles. The van der Waals surface area contributed by atoms with E-state index in [2.05, 4.69) is 20.1 Å². The molecule has 3 aromatic rings. The number of benzene rings is 1. The van der Waals surface area contributed by atoms with Gasteiger partial charge in [-0.05, 0) is 43.7 Å². The number of hydrogen-bond donors (Lipinski definition) is 2. The molecule has 1 atom stereocenters. The zero-order chi connectivity index (χ0) is 20.7. The zero-order valence-electron chi connectivity index (χ0n) is 16.7. The molecule has 0 spiro atoms. The Bertz CT molecular complexity index is 1170. The van der Waals surface area contributed by atoms with Crippen molar-refractivity contribution in [2.75, 3.05) is 20.2 Å². The van der Waals surface area contributed by atoms with Crippen LogP contribution in [0.15, 0.2) is 45.1 Å². The molecule has 154 valence electrons. The van der Waals surface area contributed by atoms with Gasteiger partial charge in [0.2, 0.25) is 0 Å². The largest absolute Gasteiger partial charge is 0.504 e. The number of nitrogens with zero attached hydrogens (tertiary/aromatic N) is 4. The van der Waals surface area contributed by atoms with Crippen LogP contribution >= 0.6 is 0 Å². The molecular formula is C22H23N5O3. The molecule has 1 aromatic carbocycles. The number of fused-ring (bicyclic) bond motifs is 2. The van der Waals surface area contributed by atoms with E-state index in [-0.39, 0.29) is 5.75 Å². The summed E-state index contributed by atoms with van der Waals surface area (Å²) in [6.45, 7) is 2.25. The smallest absolute Gasteiger partial charge is 0.183 e. The Labute approximate surface area is 173 Å². The van der Waals surface area contributed by atoms with Crippen LogP contribution in [0.1, 0.15) is 29.7 Å². The van der Waals surface area contributed by atoms with Crippen LogP contribution < -0.4 is 10.5 Å². The molecule has 2 aromatic heterocycles. The Morgan fingerprint density at radius 3 is 3.07 bits per heavy atom. The van der Waals surface area contributed by atoms with Crippen LogP contribution in [0.2, 0.25) is 0 Å². The highest BCUT2D eigenvalue weighted by atomic mass is 16.5. The van der Waals surface area contributed by atoms with E-state index in [1.54, 1.807) is 19.4 Å². The van der Waals surface area contributed by atoms with Crippen LogP contribution in [0.3, 0.4) is 0 Å². The minimum atomic E-state index is 0.0748. The van der Waals surface area contributed by atoms with Gasteiger partial charge in [0.25, 0.3) is 0 Å². The Morgan fingerprint density at radius 2 is 2.23 bits per heavy atom. The highest BCUT2D eigenvalue weighted by Gasteiger charge is 2.27. The van der Waals surface area contributed by atoms with Crippen molar-refractivity contribution in [2.24, 2.45) is 16.0 Å². The molecule has 8 heteroatoms. The van der Waals surface area contributed by atoms with Gasteiger partial charge in [0.15, 0.2) is 17.3 Å². The number of hydrogen-bond acceptors (Lipinski definition) is 8. The number of pyridine rings is 1. The first-order chi connectivity index (χ1) is 14.7. The SMILES string of the molecule is COc1ccc2c(O)c(C=C3N=Nc4ncccc43)oc2c1CN1CCC[C@@H]1CN. The van der Waals surface area contributed by atoms with E-state index in [1.807, 2.05) is 24.3 Å². The fourth-order valence-electron chi connectivity index (χ4n) is 4.28. The van der Waals surface area contributed by atoms with Gasteiger partial charge in [-0.1, -0.05) is 0 Å². The lowest BCUT2D eigenvalue weighted by molar-refractivity contribution is 0.246. The van der Waals surface area contributed by atoms with Crippen LogP contribution in [0, 0.1) is 0 Å². The molecule has 2 aliphatic heterocycles. The number of azo groups is 1. The maximum Gasteiger partial charge on any atom is 0.183 e. The maximum absolute atomic E-state index is 10.8. The second-order valence-electron chi connectivity index (χ2n) is 7.54. The van der Waals surface area contributed by atoms with Gasteiger partial charge in [-0.25, -0.2) is 4.98 Å². The normalized spacial score (nSPS) is 19.8. The second-order valence-corrected chi connectivity index (χ2v) is 7.54. The summed E-state index contributed by atoms with van der Waals surface area (Å²) in [7, 11) is 1.64. The summed E-state index contributed by atoms with van der Waals surface area (Å²) in [6.07, 6.45) is 5.58. The quantitative estimate of drug-likeness (QED) is 0.662. The lowest BCUT2D eigenvalue weighted by Crippen LogP contribution is -2.34. The Hall–Kier alpha value is -3.23. The van der Waals surface area contributed by atoms with Gasteiger partial charge in [-0.2, -0.15) is 0 Å². The molecule has 0 bridgehead atoms. The third-order valence-corrected chi connectivity index (χ3v) is 5.85. The van der Waals surface area contributed by atoms with Gasteiger partial charge < -0.3 is 20.0 Å². The van der Waals surface area contributed by atoms with Gasteiger partial charge in [0.05, 0.1) is 18.1 Å². The fraction of sp³-hybridized carbons (Fsp3) is 0.318. The van der Waals surface area contributed by atoms with E-state index < -0.39 is 0 Å². The van der Waals surface area contributed by atoms with E-state index in [9.17, 15) is 5.11 Å². The van der Waals surface area contributed by atoms with Crippen molar-refractivity contribution < 1.29 is 14.3 Å². The van der Waals surface area contributed by atoms with Crippen LogP contribution in [0.25, 0.3) is 22.7 Å². The highest BCUT2D eigenvalue weighted by Crippen LogP contribution is 2.42. The molecular weight excluding hydrogens is 382 g/mol. The first kappa shape index (κ1) is 18.8. The molecule has 0 radical (unpaired) electrons. The number of aromatic hydroxyl groups is 1. The molecule has 2 aliphatic rings. The summed E-state index contributed by atoms with van der Waals surface area (Å²) in [5.74, 6) is 1.70. The van der Waals surface area contributed by atoms with Gasteiger partial charge in [0, 0.05) is 37.0 Å². The summed E-state index contributed by atoms with van der Waals surface area (Å²) in [6, 6.07) is 7.75. The number of methoxy groups -OCH3 is 1. The average Bonchev–Trinajstić information content (AvgIpc) is 3.47. The van der Waals surface area contributed by atoms with Crippen molar-refractivity contribution >= 4 is 28.6 Å². The Balaban J connectivity index is 1.59. The topological polar surface area (TPSA) is 109 Å². The maximum atomic E-state index is 10.8. The predicted molar refractivity (Wildman–Crippen MR) is 114 cm³/mol. The summed E-state index contributed by atoms with van der Waals surface area (Å²) in [5, 5.41) is 19.7. The number of furan rings is 1. The summed E-state index contributed by atoms with van der Waals surface area (Å²) < 4.78 is 11.7. The molecule has 3 N–H and O–H groups in total. The minimum absolute atomic E-state index is 0.0748. The monoisotopic (exact) mass is 405 g/mol. The Kier molecular flexibility index (Phi) is 4.72. The molecule has 4 heterocycles. The van der Waals surface area contributed by atoms with Gasteiger partial charge >= 0.3 is 0 Å². The van der Waals surface area contributed by atoms with Crippen LogP contribution in [-0.4, -0.2) is 41.2 Å². The first-order valence-electron chi connectivity index (χ1n) is 10.0. The van der Waals surface area contributed by atoms with Crippen molar-refractivity contribution in [1.29, 1.82) is 0 Å². The molecule has 1 saturated heterocycles. The molecule has 30 heavy (non-hydrogen) atoms. The number of likely N-dealkylation sites (tertiary alicyclic amines) is 1. The third-order valence-electron chi connectivity index (χ3n) is 5.85. The molecule has 0 amide bonds. The van der Waals surface area contributed by atoms with Gasteiger partial charge in [0.1, 0.15) is 17.0 Å². The van der Waals surface area contributed by atoms with Crippen LogP contribution in [0.5, 0.6) is 11.5 Å². The van der Waals surface area contributed by atoms with E-state index >= 15 is 0 Å². The average molecular weight is 405 g/mol. The molecule has 0 saturated carbocycles. The second kappa shape index (κ2) is 7.55. The minimum Gasteiger partial charge on any atom is -0.504 e. The van der Waals surface area contributed by atoms with Gasteiger partial charge in [-0.15, -0.1) is 10.2 Å². The van der Waals surface area contributed by atoms with Crippen molar-refractivity contribution in [2.45, 2.75) is 25.4 Å². The lowest BCUT2D eigenvalue weighted by Gasteiger charge is -2.24. The molecule has 5 rings (SSSR count). The summed E-state index contributed by atoms with van der Waals surface area (Å²) in [5.41, 5.74) is 8.88. The fourth-order valence-corrected chi connectivity index (χ4v) is 4.28. The van der Waals surface area contributed by atoms with E-state index in [4.69, 9.17) is 14.9 Å². The number of ether oxygens (including phenoxy) is 1. The van der Waals surface area contributed by atoms with Crippen molar-refractivity contribution in [3.8, 4) is 11.5 Å². The highest BCUT2D eigenvalue weighted by molar-refractivity contribution is 5.94. The Morgan fingerprint density at radius 1 is 1.33 bits per heavy atom. The van der Waals surface area contributed by atoms with Crippen molar-refractivity contribution in [3.63, 3.8) is 0 Å². The van der Waals surface area contributed by atoms with Crippen molar-refractivity contribution in [1.82, 2.24) is 9.88 Å². The van der Waals surface area contributed by atoms with E-state index in [1.165, 1.54) is 0 Å². The summed E-state index contributed by atoms with van der Waals surface area (Å²) >= 11 is 0. The summed E-state index contributed by atoms with van der Waals surface area (Å²) in [4.78, 5) is 6.55. The van der Waals surface area contributed by atoms with Crippen LogP contribution in [-0.2, 0) is 6.54 Å². The molecule has 1 fully saturated rings. The van der Waals surface area contributed by atoms with Crippen molar-refractivity contribution in [3.05, 3.63) is 47.3 Å².